The first-order chi connectivity index (χ1) is 8.88. The van der Waals surface area contributed by atoms with E-state index in [9.17, 15) is 0 Å². The summed E-state index contributed by atoms with van der Waals surface area (Å²) in [5, 5.41) is 1.59. The third-order valence-electron chi connectivity index (χ3n) is 4.15. The molecule has 0 unspecified atom stereocenters. The van der Waals surface area contributed by atoms with Gasteiger partial charge in [0, 0.05) is 6.21 Å². The maximum atomic E-state index is 4.70. The molecule has 0 spiro atoms. The van der Waals surface area contributed by atoms with Gasteiger partial charge in [-0.2, -0.15) is 0 Å². The Balaban J connectivity index is 3.26. The van der Waals surface area contributed by atoms with Gasteiger partial charge < -0.3 is 0 Å². The molecule has 0 aliphatic rings. The van der Waals surface area contributed by atoms with Gasteiger partial charge >= 0.3 is 0 Å². The molecule has 1 rings (SSSR count). The fraction of sp³-hybridized carbons (Fsp3) is 0.588. The monoisotopic (exact) mass is 275 g/mol. The van der Waals surface area contributed by atoms with Crippen LogP contribution in [0.15, 0.2) is 29.3 Å². The number of hydrogen-bond acceptors (Lipinski definition) is 1. The van der Waals surface area contributed by atoms with Crippen molar-refractivity contribution >= 4 is 19.5 Å². The Morgan fingerprint density at radius 1 is 1.00 bits per heavy atom. The summed E-state index contributed by atoms with van der Waals surface area (Å²) in [6, 6.07) is 12.8. The van der Waals surface area contributed by atoms with E-state index in [0.717, 1.165) is 0 Å². The van der Waals surface area contributed by atoms with Gasteiger partial charge in [0.25, 0.3) is 0 Å². The smallest absolute Gasteiger partial charge is 0.0867 e. The molecule has 19 heavy (non-hydrogen) atoms. The predicted molar refractivity (Wildman–Crippen MR) is 90.6 cm³/mol. The zero-order valence-electron chi connectivity index (χ0n) is 13.5. The maximum Gasteiger partial charge on any atom is 0.0867 e. The summed E-state index contributed by atoms with van der Waals surface area (Å²) < 4.78 is 0. The Morgan fingerprint density at radius 2 is 1.53 bits per heavy atom. The van der Waals surface area contributed by atoms with E-state index in [4.69, 9.17) is 4.99 Å². The molecule has 0 bridgehead atoms. The van der Waals surface area contributed by atoms with Crippen molar-refractivity contribution in [2.75, 3.05) is 0 Å². The second kappa shape index (κ2) is 6.51. The summed E-state index contributed by atoms with van der Waals surface area (Å²) in [6.07, 6.45) is 2.10. The number of aliphatic imine (C=N–C) groups is 1. The molecule has 0 aliphatic carbocycles. The van der Waals surface area contributed by atoms with Gasteiger partial charge in [0.15, 0.2) is 0 Å². The van der Waals surface area contributed by atoms with Crippen molar-refractivity contribution in [3.63, 3.8) is 0 Å². The van der Waals surface area contributed by atoms with Gasteiger partial charge in [-0.15, -0.1) is 0 Å². The number of nitrogens with zero attached hydrogens (tertiary/aromatic N) is 1. The molecule has 2 heteroatoms. The second-order valence-electron chi connectivity index (χ2n) is 6.36. The van der Waals surface area contributed by atoms with E-state index >= 15 is 0 Å². The summed E-state index contributed by atoms with van der Waals surface area (Å²) in [6.45, 7) is 13.5. The molecule has 0 aromatic heterocycles. The van der Waals surface area contributed by atoms with Gasteiger partial charge in [0.2, 0.25) is 0 Å². The Labute approximate surface area is 120 Å². The zero-order valence-corrected chi connectivity index (χ0v) is 14.5. The minimum absolute atomic E-state index is 0.00196. The average molecular weight is 276 g/mol. The van der Waals surface area contributed by atoms with Crippen molar-refractivity contribution in [2.24, 2.45) is 4.99 Å². The van der Waals surface area contributed by atoms with Crippen LogP contribution in [0.1, 0.15) is 47.1 Å². The number of benzene rings is 1. The van der Waals surface area contributed by atoms with Crippen LogP contribution in [0.5, 0.6) is 0 Å². The highest BCUT2D eigenvalue weighted by atomic mass is 28.3. The van der Waals surface area contributed by atoms with Crippen LogP contribution in [-0.4, -0.2) is 19.8 Å². The maximum absolute atomic E-state index is 4.70. The molecule has 0 heterocycles. The van der Waals surface area contributed by atoms with Gasteiger partial charge in [-0.1, -0.05) is 68.4 Å². The summed E-state index contributed by atoms with van der Waals surface area (Å²) in [7, 11) is -1.33. The van der Waals surface area contributed by atoms with Crippen LogP contribution in [0, 0.1) is 0 Å². The lowest BCUT2D eigenvalue weighted by Gasteiger charge is -2.30. The molecule has 1 aromatic rings. The third kappa shape index (κ3) is 4.03. The molecule has 0 N–H and O–H groups in total. The van der Waals surface area contributed by atoms with Crippen LogP contribution in [0.25, 0.3) is 0 Å². The molecule has 0 radical (unpaired) electrons. The first-order valence-electron chi connectivity index (χ1n) is 7.53. The molecule has 0 aliphatic heterocycles. The van der Waals surface area contributed by atoms with E-state index in [1.807, 2.05) is 0 Å². The summed E-state index contributed by atoms with van der Waals surface area (Å²) >= 11 is 0. The van der Waals surface area contributed by atoms with Crippen LogP contribution in [0.3, 0.4) is 0 Å². The number of hydrogen-bond donors (Lipinski definition) is 0. The normalized spacial score (nSPS) is 13.2. The fourth-order valence-electron chi connectivity index (χ4n) is 2.68. The third-order valence-corrected chi connectivity index (χ3v) is 9.81. The van der Waals surface area contributed by atoms with Crippen LogP contribution in [0.2, 0.25) is 18.1 Å². The highest BCUT2D eigenvalue weighted by Gasteiger charge is 2.30. The van der Waals surface area contributed by atoms with Gasteiger partial charge in [-0.3, -0.25) is 4.99 Å². The Bertz CT molecular complexity index is 417. The minimum atomic E-state index is -1.33. The lowest BCUT2D eigenvalue weighted by Crippen LogP contribution is -2.47. The summed E-state index contributed by atoms with van der Waals surface area (Å²) in [4.78, 5) is 4.70. The van der Waals surface area contributed by atoms with E-state index in [2.05, 4.69) is 72.0 Å². The number of rotatable bonds is 5. The zero-order chi connectivity index (χ0) is 14.5. The van der Waals surface area contributed by atoms with Crippen LogP contribution in [-0.2, 0) is 0 Å². The highest BCUT2D eigenvalue weighted by Crippen LogP contribution is 2.21. The van der Waals surface area contributed by atoms with Crippen molar-refractivity contribution in [1.29, 1.82) is 0 Å². The standard InChI is InChI=1S/C17H29NSi/c1-7-19(8-2,9-3)16-13-11-10-12-15(16)14-18-17(4,5)6/h10-14H,7-9H2,1-6H3. The molecule has 1 aromatic carbocycles. The molecule has 0 fully saturated rings. The SMILES string of the molecule is CC[Si](CC)(CC)c1ccccc1C=NC(C)(C)C. The van der Waals surface area contributed by atoms with Crippen LogP contribution in [0.4, 0.5) is 0 Å². The first kappa shape index (κ1) is 16.2. The summed E-state index contributed by atoms with van der Waals surface area (Å²) in [5.74, 6) is 0. The van der Waals surface area contributed by atoms with Crippen molar-refractivity contribution in [3.05, 3.63) is 29.8 Å². The van der Waals surface area contributed by atoms with E-state index < -0.39 is 8.07 Å². The Kier molecular flexibility index (Phi) is 5.54. The highest BCUT2D eigenvalue weighted by molar-refractivity contribution is 6.92. The van der Waals surface area contributed by atoms with Crippen molar-refractivity contribution < 1.29 is 0 Å². The van der Waals surface area contributed by atoms with Crippen LogP contribution < -0.4 is 5.19 Å². The second-order valence-corrected chi connectivity index (χ2v) is 11.6. The first-order valence-corrected chi connectivity index (χ1v) is 10.2. The Hall–Kier alpha value is -0.893. The fourth-order valence-corrected chi connectivity index (χ4v) is 6.53. The van der Waals surface area contributed by atoms with Crippen molar-refractivity contribution in [1.82, 2.24) is 0 Å². The predicted octanol–water partition coefficient (Wildman–Crippen LogP) is 4.62. The summed E-state index contributed by atoms with van der Waals surface area (Å²) in [5.41, 5.74) is 1.34. The lowest BCUT2D eigenvalue weighted by atomic mass is 10.1. The quantitative estimate of drug-likeness (QED) is 0.549. The van der Waals surface area contributed by atoms with Gasteiger partial charge in [-0.25, -0.2) is 0 Å². The van der Waals surface area contributed by atoms with Gasteiger partial charge in [-0.05, 0) is 26.3 Å². The van der Waals surface area contributed by atoms with Crippen LogP contribution >= 0.6 is 0 Å². The van der Waals surface area contributed by atoms with E-state index in [0.29, 0.717) is 0 Å². The Morgan fingerprint density at radius 3 is 2.00 bits per heavy atom. The molecule has 0 amide bonds. The van der Waals surface area contributed by atoms with Gasteiger partial charge in [0.05, 0.1) is 13.6 Å². The largest absolute Gasteiger partial charge is 0.287 e. The molecule has 1 nitrogen and oxygen atoms in total. The average Bonchev–Trinajstić information content (AvgIpc) is 2.39. The van der Waals surface area contributed by atoms with Crippen molar-refractivity contribution in [2.45, 2.75) is 65.2 Å². The lowest BCUT2D eigenvalue weighted by molar-refractivity contribution is 0.587. The molecular weight excluding hydrogens is 246 g/mol. The molecule has 0 atom stereocenters. The topological polar surface area (TPSA) is 12.4 Å². The molecule has 106 valence electrons. The van der Waals surface area contributed by atoms with Gasteiger partial charge in [0.1, 0.15) is 0 Å². The van der Waals surface area contributed by atoms with E-state index in [1.165, 1.54) is 23.7 Å². The molecule has 0 saturated carbocycles. The molecule has 0 saturated heterocycles. The van der Waals surface area contributed by atoms with E-state index in [-0.39, 0.29) is 5.54 Å². The van der Waals surface area contributed by atoms with Crippen molar-refractivity contribution in [3.8, 4) is 0 Å². The van der Waals surface area contributed by atoms with E-state index in [1.54, 1.807) is 5.19 Å². The minimum Gasteiger partial charge on any atom is -0.287 e. The molecular formula is C17H29NSi.